The molecule has 2 fully saturated rings. The van der Waals surface area contributed by atoms with Crippen molar-refractivity contribution in [1.29, 1.82) is 5.26 Å². The van der Waals surface area contributed by atoms with Crippen molar-refractivity contribution in [3.63, 3.8) is 0 Å². The number of amides is 3. The second-order valence-electron chi connectivity index (χ2n) is 14.1. The zero-order chi connectivity index (χ0) is 40.8. The molecule has 57 heavy (non-hydrogen) atoms. The second kappa shape index (κ2) is 18.0. The number of piperazine rings is 1. The lowest BCUT2D eigenvalue weighted by Crippen LogP contribution is -2.51. The molecule has 1 aromatic carbocycles. The number of hydrogen-bond acceptors (Lipinski definition) is 12. The van der Waals surface area contributed by atoms with Crippen molar-refractivity contribution in [3.8, 4) is 28.0 Å². The van der Waals surface area contributed by atoms with Crippen LogP contribution in [0.2, 0.25) is 0 Å². The Balaban J connectivity index is 0.00000133. The van der Waals surface area contributed by atoms with E-state index >= 15 is 0 Å². The summed E-state index contributed by atoms with van der Waals surface area (Å²) in [7, 11) is 1.51. The van der Waals surface area contributed by atoms with Crippen molar-refractivity contribution in [3.05, 3.63) is 77.1 Å². The fourth-order valence-corrected chi connectivity index (χ4v) is 8.30. The Labute approximate surface area is 338 Å². The van der Waals surface area contributed by atoms with Crippen molar-refractivity contribution < 1.29 is 14.4 Å². The maximum Gasteiger partial charge on any atom is 0.261 e. The molecule has 15 heteroatoms. The monoisotopic (exact) mass is 789 g/mol. The smallest absolute Gasteiger partial charge is 0.261 e. The summed E-state index contributed by atoms with van der Waals surface area (Å²) in [5.74, 6) is -0.287. The molecule has 5 aromatic rings. The molecule has 0 aliphatic carbocycles. The predicted octanol–water partition coefficient (Wildman–Crippen LogP) is 6.45. The minimum Gasteiger partial charge on any atom is -0.382 e. The molecular weight excluding hydrogens is 739 g/mol. The van der Waals surface area contributed by atoms with Crippen molar-refractivity contribution >= 4 is 45.4 Å². The molecule has 8 rings (SSSR count). The highest BCUT2D eigenvalue weighted by Crippen LogP contribution is 2.36. The fourth-order valence-electron chi connectivity index (χ4n) is 7.38. The van der Waals surface area contributed by atoms with E-state index in [9.17, 15) is 19.6 Å². The molecule has 7 heterocycles. The number of carbonyl (C=O) groups excluding carboxylic acids is 3. The highest BCUT2D eigenvalue weighted by atomic mass is 32.1. The number of rotatable bonds is 8. The molecule has 1 N–H and O–H groups in total. The first kappa shape index (κ1) is 40.9. The standard InChI is InChI=1S/C38H39N11O3S.2C2H6/c1-23(2)42-31-18-32(33-7-5-27-16-25(19-39)20-41-49(27)33)40-21-30(31)34-43-44-38(53-34)48-14-12-47(13-15-48)35(50)26-8-10-46(11-9-26)22-24-4-6-28-29(17-24)37(52)45(3)36(28)51;2*1-2/h4-7,16-18,20-21,23,26H,8-15,22H2,1-3H3,(H,40,42);2*1-2H3. The van der Waals surface area contributed by atoms with Crippen molar-refractivity contribution in [2.75, 3.05) is 56.5 Å². The van der Waals surface area contributed by atoms with E-state index in [0.29, 0.717) is 49.4 Å². The van der Waals surface area contributed by atoms with E-state index in [0.717, 1.165) is 74.7 Å². The molecule has 14 nitrogen and oxygen atoms in total. The minimum atomic E-state index is -0.253. The number of aromatic nitrogens is 5. The van der Waals surface area contributed by atoms with Gasteiger partial charge < -0.3 is 15.1 Å². The van der Waals surface area contributed by atoms with Crippen LogP contribution in [-0.4, -0.2) is 110 Å². The molecule has 298 valence electrons. The lowest BCUT2D eigenvalue weighted by Gasteiger charge is -2.38. The minimum absolute atomic E-state index is 0.00304. The number of likely N-dealkylation sites (tertiary alicyclic amines) is 1. The summed E-state index contributed by atoms with van der Waals surface area (Å²) in [6, 6.07) is 15.5. The molecule has 3 aliphatic rings. The highest BCUT2D eigenvalue weighted by Gasteiger charge is 2.34. The number of pyridine rings is 1. The predicted molar refractivity (Wildman–Crippen MR) is 223 cm³/mol. The van der Waals surface area contributed by atoms with Crippen LogP contribution in [0.3, 0.4) is 0 Å². The van der Waals surface area contributed by atoms with Gasteiger partial charge in [0.25, 0.3) is 11.8 Å². The third-order valence-corrected chi connectivity index (χ3v) is 11.3. The lowest BCUT2D eigenvalue weighted by atomic mass is 9.94. The van der Waals surface area contributed by atoms with Gasteiger partial charge in [0.2, 0.25) is 11.0 Å². The van der Waals surface area contributed by atoms with Crippen LogP contribution < -0.4 is 10.2 Å². The third kappa shape index (κ3) is 8.52. The number of benzene rings is 1. The number of nitrogens with one attached hydrogen (secondary N) is 1. The van der Waals surface area contributed by atoms with Crippen LogP contribution in [0, 0.1) is 17.2 Å². The summed E-state index contributed by atoms with van der Waals surface area (Å²) in [5.41, 5.74) is 6.58. The first-order valence-corrected chi connectivity index (χ1v) is 20.7. The molecule has 0 unspecified atom stereocenters. The van der Waals surface area contributed by atoms with Gasteiger partial charge >= 0.3 is 0 Å². The van der Waals surface area contributed by atoms with Crippen LogP contribution >= 0.6 is 11.3 Å². The highest BCUT2D eigenvalue weighted by molar-refractivity contribution is 7.18. The Kier molecular flexibility index (Phi) is 13.0. The Morgan fingerprint density at radius 3 is 2.32 bits per heavy atom. The number of piperidine rings is 1. The Hall–Kier alpha value is -5.72. The van der Waals surface area contributed by atoms with Gasteiger partial charge in [-0.05, 0) is 81.7 Å². The van der Waals surface area contributed by atoms with Gasteiger partial charge in [0.05, 0.1) is 45.4 Å². The van der Waals surface area contributed by atoms with Crippen LogP contribution in [0.1, 0.15) is 86.2 Å². The molecule has 0 saturated carbocycles. The van der Waals surface area contributed by atoms with Gasteiger partial charge in [0.1, 0.15) is 6.07 Å². The Morgan fingerprint density at radius 2 is 1.61 bits per heavy atom. The van der Waals surface area contributed by atoms with Crippen LogP contribution in [0.4, 0.5) is 10.8 Å². The van der Waals surface area contributed by atoms with Gasteiger partial charge in [-0.25, -0.2) is 4.52 Å². The van der Waals surface area contributed by atoms with Crippen LogP contribution in [-0.2, 0) is 11.3 Å². The van der Waals surface area contributed by atoms with Crippen LogP contribution in [0.5, 0.6) is 0 Å². The van der Waals surface area contributed by atoms with Gasteiger partial charge in [-0.1, -0.05) is 45.1 Å². The number of nitriles is 1. The largest absolute Gasteiger partial charge is 0.382 e. The van der Waals surface area contributed by atoms with E-state index < -0.39 is 0 Å². The summed E-state index contributed by atoms with van der Waals surface area (Å²) in [4.78, 5) is 50.7. The molecule has 0 atom stereocenters. The van der Waals surface area contributed by atoms with Gasteiger partial charge in [0, 0.05) is 63.6 Å². The Bertz CT molecular complexity index is 2280. The van der Waals surface area contributed by atoms with Gasteiger partial charge in [-0.15, -0.1) is 10.2 Å². The number of nitrogens with zero attached hydrogens (tertiary/aromatic N) is 10. The van der Waals surface area contributed by atoms with Crippen molar-refractivity contribution in [2.45, 2.75) is 67.0 Å². The number of anilines is 2. The topological polar surface area (TPSA) is 156 Å². The van der Waals surface area contributed by atoms with Gasteiger partial charge in [-0.2, -0.15) is 10.4 Å². The first-order valence-electron chi connectivity index (χ1n) is 19.9. The molecular formula is C42H51N11O3S. The molecule has 2 saturated heterocycles. The van der Waals surface area contributed by atoms with Crippen LogP contribution in [0.15, 0.2) is 54.9 Å². The number of fused-ring (bicyclic) bond motifs is 2. The Morgan fingerprint density at radius 1 is 0.895 bits per heavy atom. The molecule has 4 aromatic heterocycles. The summed E-state index contributed by atoms with van der Waals surface area (Å²) in [5, 5.41) is 28.0. The number of imide groups is 1. The van der Waals surface area contributed by atoms with E-state index in [1.54, 1.807) is 22.8 Å². The quantitative estimate of drug-likeness (QED) is 0.173. The average Bonchev–Trinajstić information content (AvgIpc) is 3.96. The van der Waals surface area contributed by atoms with E-state index in [2.05, 4.69) is 50.3 Å². The second-order valence-corrected chi connectivity index (χ2v) is 15.1. The SMILES string of the molecule is CC.CC.CC(C)Nc1cc(-c2ccc3cc(C#N)cnn23)ncc1-c1nnc(N2CCN(C(=O)C3CCN(Cc4ccc5c(c4)C(=O)N(C)C5=O)CC3)CC2)s1. The van der Waals surface area contributed by atoms with Crippen molar-refractivity contribution in [2.24, 2.45) is 5.92 Å². The zero-order valence-electron chi connectivity index (χ0n) is 33.8. The average molecular weight is 790 g/mol. The molecule has 3 aliphatic heterocycles. The van der Waals surface area contributed by atoms with Gasteiger partial charge in [-0.3, -0.25) is 29.2 Å². The maximum absolute atomic E-state index is 13.6. The van der Waals surface area contributed by atoms with Crippen LogP contribution in [0.25, 0.3) is 27.5 Å². The molecule has 0 radical (unpaired) electrons. The molecule has 3 amide bonds. The van der Waals surface area contributed by atoms with E-state index in [4.69, 9.17) is 4.98 Å². The summed E-state index contributed by atoms with van der Waals surface area (Å²) in [6.45, 7) is 17.1. The summed E-state index contributed by atoms with van der Waals surface area (Å²) < 4.78 is 1.78. The normalized spacial score (nSPS) is 15.9. The van der Waals surface area contributed by atoms with Crippen molar-refractivity contribution in [1.82, 2.24) is 39.5 Å². The van der Waals surface area contributed by atoms with Gasteiger partial charge in [0.15, 0.2) is 5.01 Å². The molecule has 0 bridgehead atoms. The maximum atomic E-state index is 13.6. The van der Waals surface area contributed by atoms with E-state index in [-0.39, 0.29) is 29.7 Å². The zero-order valence-corrected chi connectivity index (χ0v) is 34.6. The lowest BCUT2D eigenvalue weighted by molar-refractivity contribution is -0.137. The van der Waals surface area contributed by atoms with E-state index in [1.165, 1.54) is 18.4 Å². The summed E-state index contributed by atoms with van der Waals surface area (Å²) in [6.07, 6.45) is 4.96. The first-order chi connectivity index (χ1) is 27.7. The number of hydrogen-bond donors (Lipinski definition) is 1. The fraction of sp³-hybridized carbons (Fsp3) is 0.429. The van der Waals surface area contributed by atoms with E-state index in [1.807, 2.05) is 69.1 Å². The summed E-state index contributed by atoms with van der Waals surface area (Å²) >= 11 is 1.52. The number of carbonyl (C=O) groups is 3. The molecule has 0 spiro atoms. The third-order valence-electron chi connectivity index (χ3n) is 10.2.